The Bertz CT molecular complexity index is 813. The number of nitrogens with zero attached hydrogens (tertiary/aromatic N) is 1. The van der Waals surface area contributed by atoms with Crippen LogP contribution >= 0.6 is 11.3 Å². The van der Waals surface area contributed by atoms with Crippen molar-refractivity contribution in [2.45, 2.75) is 28.9 Å². The minimum absolute atomic E-state index is 0.0118. The fraction of sp³-hybridized carbons (Fsp3) is 0.389. The van der Waals surface area contributed by atoms with Crippen molar-refractivity contribution < 1.29 is 13.2 Å². The molecule has 0 unspecified atom stereocenters. The summed E-state index contributed by atoms with van der Waals surface area (Å²) in [5.74, 6) is -0.273. The first kappa shape index (κ1) is 18.1. The van der Waals surface area contributed by atoms with Crippen LogP contribution in [0.3, 0.4) is 0 Å². The van der Waals surface area contributed by atoms with Gasteiger partial charge in [0.1, 0.15) is 4.21 Å². The molecule has 7 heteroatoms. The fourth-order valence-corrected chi connectivity index (χ4v) is 5.47. The van der Waals surface area contributed by atoms with Crippen molar-refractivity contribution in [3.8, 4) is 0 Å². The van der Waals surface area contributed by atoms with Crippen molar-refractivity contribution in [1.29, 1.82) is 0 Å². The highest BCUT2D eigenvalue weighted by atomic mass is 32.2. The molecule has 134 valence electrons. The molecule has 5 nitrogen and oxygen atoms in total. The number of nitrogens with one attached hydrogen (secondary N) is 1. The van der Waals surface area contributed by atoms with Crippen molar-refractivity contribution >= 4 is 27.3 Å². The van der Waals surface area contributed by atoms with E-state index in [9.17, 15) is 13.2 Å². The zero-order valence-electron chi connectivity index (χ0n) is 14.1. The molecule has 0 bridgehead atoms. The SMILES string of the molecule is CN(CC(=O)NCC1(c2ccccc2)CCC1)S(=O)(=O)c1cccs1. The lowest BCUT2D eigenvalue weighted by atomic mass is 9.64. The third kappa shape index (κ3) is 3.78. The maximum atomic E-state index is 12.4. The zero-order valence-corrected chi connectivity index (χ0v) is 15.8. The maximum absolute atomic E-state index is 12.4. The van der Waals surface area contributed by atoms with Gasteiger partial charge in [-0.25, -0.2) is 8.42 Å². The molecule has 1 aliphatic carbocycles. The molecule has 0 spiro atoms. The number of sulfonamides is 1. The van der Waals surface area contributed by atoms with Crippen molar-refractivity contribution in [2.75, 3.05) is 20.1 Å². The van der Waals surface area contributed by atoms with Crippen LogP contribution in [-0.2, 0) is 20.2 Å². The molecule has 0 saturated heterocycles. The Morgan fingerprint density at radius 2 is 1.92 bits per heavy atom. The molecule has 1 heterocycles. The molecule has 1 aromatic heterocycles. The summed E-state index contributed by atoms with van der Waals surface area (Å²) >= 11 is 1.15. The predicted molar refractivity (Wildman–Crippen MR) is 99.1 cm³/mol. The highest BCUT2D eigenvalue weighted by Gasteiger charge is 2.38. The Kier molecular flexibility index (Phi) is 5.27. The van der Waals surface area contributed by atoms with Crippen molar-refractivity contribution in [1.82, 2.24) is 9.62 Å². The van der Waals surface area contributed by atoms with Crippen LogP contribution in [0.2, 0.25) is 0 Å². The van der Waals surface area contributed by atoms with Crippen LogP contribution in [-0.4, -0.2) is 38.8 Å². The van der Waals surface area contributed by atoms with Gasteiger partial charge in [-0.1, -0.05) is 42.8 Å². The van der Waals surface area contributed by atoms with Gasteiger partial charge in [0.05, 0.1) is 6.54 Å². The normalized spacial score (nSPS) is 16.4. The lowest BCUT2D eigenvalue weighted by Crippen LogP contribution is -2.48. The molecule has 1 aliphatic rings. The monoisotopic (exact) mass is 378 g/mol. The minimum atomic E-state index is -3.60. The number of hydrogen-bond donors (Lipinski definition) is 1. The van der Waals surface area contributed by atoms with E-state index in [4.69, 9.17) is 0 Å². The number of carbonyl (C=O) groups is 1. The van der Waals surface area contributed by atoms with Crippen LogP contribution in [0, 0.1) is 0 Å². The second-order valence-corrected chi connectivity index (χ2v) is 9.69. The van der Waals surface area contributed by atoms with Crippen molar-refractivity contribution in [2.24, 2.45) is 0 Å². The van der Waals surface area contributed by atoms with Crippen molar-refractivity contribution in [3.63, 3.8) is 0 Å². The minimum Gasteiger partial charge on any atom is -0.354 e. The average molecular weight is 379 g/mol. The van der Waals surface area contributed by atoms with Crippen LogP contribution in [0.25, 0.3) is 0 Å². The quantitative estimate of drug-likeness (QED) is 0.805. The van der Waals surface area contributed by atoms with E-state index >= 15 is 0 Å². The fourth-order valence-electron chi connectivity index (χ4n) is 3.14. The molecule has 25 heavy (non-hydrogen) atoms. The molecule has 0 atom stereocenters. The summed E-state index contributed by atoms with van der Waals surface area (Å²) in [6.07, 6.45) is 3.23. The van der Waals surface area contributed by atoms with Crippen LogP contribution in [0.5, 0.6) is 0 Å². The summed E-state index contributed by atoms with van der Waals surface area (Å²) in [6, 6.07) is 13.4. The van der Waals surface area contributed by atoms with Gasteiger partial charge in [0.2, 0.25) is 5.91 Å². The average Bonchev–Trinajstić information content (AvgIpc) is 3.10. The second-order valence-electron chi connectivity index (χ2n) is 6.47. The molecule has 0 aliphatic heterocycles. The van der Waals surface area contributed by atoms with E-state index in [1.165, 1.54) is 12.6 Å². The molecule has 0 radical (unpaired) electrons. The van der Waals surface area contributed by atoms with Crippen molar-refractivity contribution in [3.05, 3.63) is 53.4 Å². The lowest BCUT2D eigenvalue weighted by molar-refractivity contribution is -0.121. The van der Waals surface area contributed by atoms with E-state index < -0.39 is 10.0 Å². The van der Waals surface area contributed by atoms with E-state index in [2.05, 4.69) is 17.4 Å². The van der Waals surface area contributed by atoms with Crippen LogP contribution in [0.1, 0.15) is 24.8 Å². The topological polar surface area (TPSA) is 66.5 Å². The Hall–Kier alpha value is -1.70. The standard InChI is InChI=1S/C18H22N2O3S2/c1-20(25(22,23)17-9-5-12-24-17)13-16(21)19-14-18(10-6-11-18)15-7-3-2-4-8-15/h2-5,7-9,12H,6,10-11,13-14H2,1H3,(H,19,21). The number of hydrogen-bond acceptors (Lipinski definition) is 4. The van der Waals surface area contributed by atoms with Gasteiger partial charge in [-0.15, -0.1) is 11.3 Å². The largest absolute Gasteiger partial charge is 0.354 e. The van der Waals surface area contributed by atoms with E-state index in [0.717, 1.165) is 34.9 Å². The summed E-state index contributed by atoms with van der Waals surface area (Å²) in [4.78, 5) is 12.3. The van der Waals surface area contributed by atoms with Gasteiger partial charge in [0, 0.05) is 19.0 Å². The van der Waals surface area contributed by atoms with E-state index in [-0.39, 0.29) is 22.1 Å². The number of thiophene rings is 1. The van der Waals surface area contributed by atoms with Crippen LogP contribution < -0.4 is 5.32 Å². The molecule has 1 saturated carbocycles. The Labute approximate surface area is 152 Å². The number of likely N-dealkylation sites (N-methyl/N-ethyl adjacent to an activating group) is 1. The lowest BCUT2D eigenvalue weighted by Gasteiger charge is -2.42. The molecular weight excluding hydrogens is 356 g/mol. The summed E-state index contributed by atoms with van der Waals surface area (Å²) in [5, 5.41) is 4.64. The number of benzene rings is 1. The van der Waals surface area contributed by atoms with Gasteiger partial charge in [-0.3, -0.25) is 4.79 Å². The van der Waals surface area contributed by atoms with Gasteiger partial charge in [-0.2, -0.15) is 4.31 Å². The number of carbonyl (C=O) groups excluding carboxylic acids is 1. The third-order valence-electron chi connectivity index (χ3n) is 4.85. The maximum Gasteiger partial charge on any atom is 0.252 e. The van der Waals surface area contributed by atoms with E-state index in [0.29, 0.717) is 6.54 Å². The van der Waals surface area contributed by atoms with Crippen LogP contribution in [0.15, 0.2) is 52.1 Å². The van der Waals surface area contributed by atoms with E-state index in [1.807, 2.05) is 18.2 Å². The van der Waals surface area contributed by atoms with Crippen LogP contribution in [0.4, 0.5) is 0 Å². The smallest absolute Gasteiger partial charge is 0.252 e. The van der Waals surface area contributed by atoms with E-state index in [1.54, 1.807) is 17.5 Å². The molecule has 1 N–H and O–H groups in total. The number of amides is 1. The molecule has 1 amide bonds. The number of rotatable bonds is 7. The summed E-state index contributed by atoms with van der Waals surface area (Å²) in [5.41, 5.74) is 1.23. The second kappa shape index (κ2) is 7.27. The predicted octanol–water partition coefficient (Wildman–Crippen LogP) is 2.61. The summed E-state index contributed by atoms with van der Waals surface area (Å²) in [6.45, 7) is 0.369. The van der Waals surface area contributed by atoms with Gasteiger partial charge < -0.3 is 5.32 Å². The van der Waals surface area contributed by atoms with Gasteiger partial charge in [-0.05, 0) is 29.9 Å². The summed E-state index contributed by atoms with van der Waals surface area (Å²) in [7, 11) is -2.16. The molecule has 1 aromatic carbocycles. The molecule has 2 aromatic rings. The Morgan fingerprint density at radius 1 is 1.20 bits per heavy atom. The first-order chi connectivity index (χ1) is 11.9. The Morgan fingerprint density at radius 3 is 2.48 bits per heavy atom. The highest BCUT2D eigenvalue weighted by Crippen LogP contribution is 2.43. The molecule has 1 fully saturated rings. The first-order valence-electron chi connectivity index (χ1n) is 8.26. The zero-order chi connectivity index (χ0) is 17.9. The third-order valence-corrected chi connectivity index (χ3v) is 8.02. The highest BCUT2D eigenvalue weighted by molar-refractivity contribution is 7.91. The first-order valence-corrected chi connectivity index (χ1v) is 10.6. The molecular formula is C18H22N2O3S2. The summed E-state index contributed by atoms with van der Waals surface area (Å²) < 4.78 is 26.1. The van der Waals surface area contributed by atoms with Gasteiger partial charge in [0.15, 0.2) is 0 Å². The molecule has 3 rings (SSSR count). The van der Waals surface area contributed by atoms with Gasteiger partial charge in [0.25, 0.3) is 10.0 Å². The van der Waals surface area contributed by atoms with Gasteiger partial charge >= 0.3 is 0 Å². The Balaban J connectivity index is 1.60.